The highest BCUT2D eigenvalue weighted by Crippen LogP contribution is 2.49. The Morgan fingerprint density at radius 3 is 1.14 bits per heavy atom. The summed E-state index contributed by atoms with van der Waals surface area (Å²) >= 11 is 0. The largest absolute Gasteiger partial charge is 0.478 e. The molecule has 5 heteroatoms. The molecule has 0 spiro atoms. The maximum Gasteiger partial charge on any atom is 0.335 e. The van der Waals surface area contributed by atoms with Crippen molar-refractivity contribution in [2.24, 2.45) is 0 Å². The summed E-state index contributed by atoms with van der Waals surface area (Å²) in [6.07, 6.45) is 0. The van der Waals surface area contributed by atoms with Gasteiger partial charge in [0.1, 0.15) is 0 Å². The van der Waals surface area contributed by atoms with E-state index >= 15 is 0 Å². The van der Waals surface area contributed by atoms with Crippen LogP contribution in [0.2, 0.25) is 0 Å². The number of carboxylic acids is 2. The second-order valence-electron chi connectivity index (χ2n) is 8.34. The summed E-state index contributed by atoms with van der Waals surface area (Å²) in [6, 6.07) is 31.8. The third kappa shape index (κ3) is 4.03. The van der Waals surface area contributed by atoms with Gasteiger partial charge in [-0.15, -0.1) is 0 Å². The summed E-state index contributed by atoms with van der Waals surface area (Å²) in [4.78, 5) is 38.0. The van der Waals surface area contributed by atoms with E-state index in [4.69, 9.17) is 0 Å². The third-order valence-electron chi connectivity index (χ3n) is 6.11. The number of benzene rings is 4. The first kappa shape index (κ1) is 22.7. The van der Waals surface area contributed by atoms with Crippen molar-refractivity contribution in [3.8, 4) is 0 Å². The molecule has 0 saturated carbocycles. The van der Waals surface area contributed by atoms with Crippen LogP contribution >= 0.6 is 0 Å². The molecule has 0 atom stereocenters. The number of carbonyl (C=O) groups excluding carboxylic acids is 1. The van der Waals surface area contributed by atoms with Gasteiger partial charge in [-0.25, -0.2) is 9.59 Å². The maximum absolute atomic E-state index is 14.2. The number of hydrogen-bond donors (Lipinski definition) is 2. The van der Waals surface area contributed by atoms with Crippen LogP contribution in [0.1, 0.15) is 43.0 Å². The van der Waals surface area contributed by atoms with Crippen molar-refractivity contribution in [3.05, 3.63) is 143 Å². The van der Waals surface area contributed by atoms with Gasteiger partial charge in [0, 0.05) is 22.3 Å². The van der Waals surface area contributed by atoms with E-state index in [2.05, 4.69) is 0 Å². The molecule has 0 saturated heterocycles. The number of ketones is 1. The van der Waals surface area contributed by atoms with Gasteiger partial charge >= 0.3 is 11.9 Å². The number of carboxylic acid groups (broad SMARTS) is 2. The molecule has 4 aromatic carbocycles. The van der Waals surface area contributed by atoms with Crippen LogP contribution in [0, 0.1) is 0 Å². The molecule has 0 radical (unpaired) electrons. The molecule has 1 aliphatic rings. The van der Waals surface area contributed by atoms with Gasteiger partial charge in [0.25, 0.3) is 0 Å². The van der Waals surface area contributed by atoms with Crippen molar-refractivity contribution in [1.29, 1.82) is 0 Å². The molecule has 0 aromatic heterocycles. The van der Waals surface area contributed by atoms with Crippen molar-refractivity contribution in [3.63, 3.8) is 0 Å². The molecule has 5 rings (SSSR count). The van der Waals surface area contributed by atoms with E-state index in [1.54, 1.807) is 0 Å². The van der Waals surface area contributed by atoms with E-state index in [0.29, 0.717) is 33.4 Å². The van der Waals surface area contributed by atoms with Gasteiger partial charge in [-0.2, -0.15) is 0 Å². The third-order valence-corrected chi connectivity index (χ3v) is 6.11. The van der Waals surface area contributed by atoms with Crippen LogP contribution in [0.3, 0.4) is 0 Å². The predicted octanol–water partition coefficient (Wildman–Crippen LogP) is 6.19. The number of carbonyl (C=O) groups is 3. The molecule has 2 N–H and O–H groups in total. The van der Waals surface area contributed by atoms with Gasteiger partial charge < -0.3 is 10.2 Å². The Morgan fingerprint density at radius 1 is 0.444 bits per heavy atom. The Kier molecular flexibility index (Phi) is 5.88. The number of hydrogen-bond acceptors (Lipinski definition) is 3. The Bertz CT molecular complexity index is 1530. The van der Waals surface area contributed by atoms with E-state index in [-0.39, 0.29) is 16.9 Å². The second-order valence-corrected chi connectivity index (χ2v) is 8.34. The lowest BCUT2D eigenvalue weighted by molar-refractivity contribution is -0.108. The lowest BCUT2D eigenvalue weighted by Crippen LogP contribution is -2.05. The fourth-order valence-corrected chi connectivity index (χ4v) is 4.56. The summed E-state index contributed by atoms with van der Waals surface area (Å²) in [7, 11) is 0. The average molecular weight is 472 g/mol. The van der Waals surface area contributed by atoms with Crippen LogP contribution in [0.25, 0.3) is 22.3 Å². The maximum atomic E-state index is 14.2. The van der Waals surface area contributed by atoms with Crippen LogP contribution in [-0.2, 0) is 4.79 Å². The molecule has 0 amide bonds. The minimum Gasteiger partial charge on any atom is -0.478 e. The van der Waals surface area contributed by atoms with Crippen LogP contribution in [0.4, 0.5) is 0 Å². The molecule has 0 unspecified atom stereocenters. The van der Waals surface area contributed by atoms with Crippen molar-refractivity contribution in [2.45, 2.75) is 0 Å². The second kappa shape index (κ2) is 9.31. The molecule has 5 nitrogen and oxygen atoms in total. The van der Waals surface area contributed by atoms with Crippen molar-refractivity contribution >= 4 is 40.0 Å². The number of rotatable bonds is 6. The Hall–Kier alpha value is -5.03. The van der Waals surface area contributed by atoms with Gasteiger partial charge in [0.15, 0.2) is 5.78 Å². The predicted molar refractivity (Wildman–Crippen MR) is 138 cm³/mol. The van der Waals surface area contributed by atoms with Gasteiger partial charge in [0.2, 0.25) is 0 Å². The Labute approximate surface area is 207 Å². The first-order chi connectivity index (χ1) is 17.5. The van der Waals surface area contributed by atoms with Gasteiger partial charge in [-0.05, 0) is 40.5 Å². The lowest BCUT2D eigenvalue weighted by Gasteiger charge is -2.15. The average Bonchev–Trinajstić information content (AvgIpc) is 3.22. The zero-order valence-electron chi connectivity index (χ0n) is 19.0. The molecular weight excluding hydrogens is 452 g/mol. The standard InChI is InChI=1S/C31H20O5/c32-29-27(20-12-6-2-7-13-20)25(19-10-4-1-5-11-19)26(28(29)21-14-8-3-9-15-21)22-16-23(30(33)34)18-24(17-22)31(35)36/h1-18H,(H,33,34)(H,35,36). The summed E-state index contributed by atoms with van der Waals surface area (Å²) in [6.45, 7) is 0. The lowest BCUT2D eigenvalue weighted by atomic mass is 9.88. The first-order valence-corrected chi connectivity index (χ1v) is 11.3. The molecule has 0 bridgehead atoms. The number of Topliss-reactive ketones (excluding diaryl/α,β-unsaturated/α-hetero) is 1. The molecule has 1 aliphatic carbocycles. The highest BCUT2D eigenvalue weighted by atomic mass is 16.4. The van der Waals surface area contributed by atoms with Crippen molar-refractivity contribution in [2.75, 3.05) is 0 Å². The summed E-state index contributed by atoms with van der Waals surface area (Å²) in [5.74, 6) is -2.71. The summed E-state index contributed by atoms with van der Waals surface area (Å²) in [5.41, 5.74) is 4.17. The highest BCUT2D eigenvalue weighted by molar-refractivity contribution is 6.59. The summed E-state index contributed by atoms with van der Waals surface area (Å²) < 4.78 is 0. The molecule has 174 valence electrons. The first-order valence-electron chi connectivity index (χ1n) is 11.3. The molecule has 0 heterocycles. The highest BCUT2D eigenvalue weighted by Gasteiger charge is 2.35. The number of allylic oxidation sites excluding steroid dienone is 4. The molecule has 0 fully saturated rings. The summed E-state index contributed by atoms with van der Waals surface area (Å²) in [5, 5.41) is 19.4. The van der Waals surface area contributed by atoms with E-state index < -0.39 is 11.9 Å². The van der Waals surface area contributed by atoms with E-state index in [0.717, 1.165) is 17.2 Å². The van der Waals surface area contributed by atoms with Crippen LogP contribution in [-0.4, -0.2) is 27.9 Å². The monoisotopic (exact) mass is 472 g/mol. The minimum atomic E-state index is -1.25. The topological polar surface area (TPSA) is 91.7 Å². The quantitative estimate of drug-likeness (QED) is 0.349. The van der Waals surface area contributed by atoms with Crippen molar-refractivity contribution in [1.82, 2.24) is 0 Å². The molecule has 4 aromatic rings. The van der Waals surface area contributed by atoms with E-state index in [1.807, 2.05) is 91.0 Å². The smallest absolute Gasteiger partial charge is 0.335 e. The normalized spacial score (nSPS) is 13.3. The Morgan fingerprint density at radius 2 is 0.778 bits per heavy atom. The minimum absolute atomic E-state index is 0.169. The van der Waals surface area contributed by atoms with Gasteiger partial charge in [-0.3, -0.25) is 4.79 Å². The van der Waals surface area contributed by atoms with Crippen LogP contribution in [0.5, 0.6) is 0 Å². The zero-order valence-corrected chi connectivity index (χ0v) is 19.0. The van der Waals surface area contributed by atoms with E-state index in [9.17, 15) is 24.6 Å². The molecule has 0 aliphatic heterocycles. The zero-order chi connectivity index (χ0) is 25.2. The molecule has 36 heavy (non-hydrogen) atoms. The van der Waals surface area contributed by atoms with Crippen LogP contribution in [0.15, 0.2) is 109 Å². The van der Waals surface area contributed by atoms with Crippen molar-refractivity contribution < 1.29 is 24.6 Å². The SMILES string of the molecule is O=C1C(c2ccccc2)=C(c2ccccc2)C(c2cc(C(=O)O)cc(C(=O)O)c2)=C1c1ccccc1. The van der Waals surface area contributed by atoms with Gasteiger partial charge in [0.05, 0.1) is 11.1 Å². The number of aromatic carboxylic acids is 2. The fourth-order valence-electron chi connectivity index (χ4n) is 4.56. The Balaban J connectivity index is 1.92. The van der Waals surface area contributed by atoms with Gasteiger partial charge in [-0.1, -0.05) is 91.0 Å². The van der Waals surface area contributed by atoms with E-state index in [1.165, 1.54) is 12.1 Å². The fraction of sp³-hybridized carbons (Fsp3) is 0. The molecular formula is C31H20O5. The van der Waals surface area contributed by atoms with Crippen LogP contribution < -0.4 is 0 Å².